The lowest BCUT2D eigenvalue weighted by molar-refractivity contribution is -0.131. The number of nitrogens with zero attached hydrogens (tertiary/aromatic N) is 6. The van der Waals surface area contributed by atoms with E-state index in [1.807, 2.05) is 18.0 Å². The Hall–Kier alpha value is -2.82. The van der Waals surface area contributed by atoms with Gasteiger partial charge >= 0.3 is 0 Å². The van der Waals surface area contributed by atoms with Crippen molar-refractivity contribution in [3.05, 3.63) is 18.6 Å². The molecule has 0 saturated carbocycles. The third kappa shape index (κ3) is 2.73. The number of carbonyl (C=O) groups excluding carboxylic acids is 1. The van der Waals surface area contributed by atoms with Crippen molar-refractivity contribution < 1.29 is 10.0 Å². The minimum atomic E-state index is -0.128. The Morgan fingerprint density at radius 3 is 3.08 bits per heavy atom. The molecule has 8 heteroatoms. The average Bonchev–Trinajstić information content (AvgIpc) is 2.96. The minimum Gasteiger partial charge on any atom is -0.427 e. The van der Waals surface area contributed by atoms with Crippen LogP contribution in [0.25, 0.3) is 11.0 Å². The van der Waals surface area contributed by atoms with Crippen LogP contribution >= 0.6 is 0 Å². The van der Waals surface area contributed by atoms with Crippen LogP contribution in [0.3, 0.4) is 0 Å². The fourth-order valence-corrected chi connectivity index (χ4v) is 3.32. The van der Waals surface area contributed by atoms with Crippen molar-refractivity contribution in [2.24, 2.45) is 5.92 Å². The van der Waals surface area contributed by atoms with E-state index < -0.39 is 0 Å². The average molecular weight is 328 g/mol. The van der Waals surface area contributed by atoms with Gasteiger partial charge in [-0.1, -0.05) is 6.92 Å². The van der Waals surface area contributed by atoms with Crippen molar-refractivity contribution in [3.63, 3.8) is 0 Å². The maximum Gasteiger partial charge on any atom is 0.236 e. The predicted octanol–water partition coefficient (Wildman–Crippen LogP) is 1.26. The highest BCUT2D eigenvalue weighted by atomic mass is 16.5. The highest BCUT2D eigenvalue weighted by Crippen LogP contribution is 2.29. The molecular formula is C16H20N6O2. The second kappa shape index (κ2) is 6.35. The fraction of sp³-hybridized carbons (Fsp3) is 0.500. The number of hydrogen-bond donors (Lipinski definition) is 1. The van der Waals surface area contributed by atoms with Gasteiger partial charge in [-0.05, 0) is 18.4 Å². The summed E-state index contributed by atoms with van der Waals surface area (Å²) >= 11 is 0. The molecule has 1 aliphatic rings. The fourth-order valence-electron chi connectivity index (χ4n) is 3.32. The molecule has 2 aromatic heterocycles. The number of carbonyl (C=O) groups is 1. The molecule has 0 spiro atoms. The monoisotopic (exact) mass is 328 g/mol. The van der Waals surface area contributed by atoms with E-state index >= 15 is 0 Å². The zero-order valence-electron chi connectivity index (χ0n) is 13.8. The molecule has 3 heterocycles. The van der Waals surface area contributed by atoms with Crippen molar-refractivity contribution in [1.82, 2.24) is 19.6 Å². The Morgan fingerprint density at radius 2 is 2.33 bits per heavy atom. The molecule has 0 unspecified atom stereocenters. The number of aromatic nitrogens is 3. The second-order valence-electron chi connectivity index (χ2n) is 6.21. The van der Waals surface area contributed by atoms with Gasteiger partial charge in [0.1, 0.15) is 18.6 Å². The molecule has 3 rings (SSSR count). The molecule has 0 radical (unpaired) electrons. The lowest BCUT2D eigenvalue weighted by Gasteiger charge is -2.42. The standard InChI is InChI=1S/C16H20N6O2/c1-11-4-7-21(14(23)3-6-17)9-13(11)20(2)15-12-5-8-22(24)16(12)19-10-18-15/h5,8,10-11,13,24H,3-4,7,9H2,1-2H3/t11-,13+/m1/s1. The summed E-state index contributed by atoms with van der Waals surface area (Å²) in [5.74, 6) is 0.971. The Labute approximate surface area is 139 Å². The first-order valence-corrected chi connectivity index (χ1v) is 7.91. The van der Waals surface area contributed by atoms with Crippen molar-refractivity contribution in [1.29, 1.82) is 5.26 Å². The molecule has 0 aliphatic carbocycles. The molecule has 8 nitrogen and oxygen atoms in total. The number of likely N-dealkylation sites (N-methyl/N-ethyl adjacent to an activating group) is 1. The summed E-state index contributed by atoms with van der Waals surface area (Å²) in [6.07, 6.45) is 3.74. The Balaban J connectivity index is 1.88. The summed E-state index contributed by atoms with van der Waals surface area (Å²) in [5.41, 5.74) is 0.452. The molecule has 1 saturated heterocycles. The van der Waals surface area contributed by atoms with Crippen LogP contribution in [0.1, 0.15) is 19.8 Å². The van der Waals surface area contributed by atoms with Crippen LogP contribution < -0.4 is 4.90 Å². The Morgan fingerprint density at radius 1 is 1.54 bits per heavy atom. The summed E-state index contributed by atoms with van der Waals surface area (Å²) < 4.78 is 0.974. The van der Waals surface area contributed by atoms with Gasteiger partial charge in [-0.2, -0.15) is 9.99 Å². The molecule has 2 atom stereocenters. The van der Waals surface area contributed by atoms with E-state index in [4.69, 9.17) is 5.26 Å². The van der Waals surface area contributed by atoms with Gasteiger partial charge < -0.3 is 15.0 Å². The van der Waals surface area contributed by atoms with Crippen LogP contribution in [0.4, 0.5) is 5.82 Å². The number of amides is 1. The van der Waals surface area contributed by atoms with Crippen LogP contribution in [0.5, 0.6) is 0 Å². The van der Waals surface area contributed by atoms with E-state index in [2.05, 4.69) is 16.9 Å². The van der Waals surface area contributed by atoms with Crippen LogP contribution in [0, 0.1) is 17.2 Å². The number of likely N-dealkylation sites (tertiary alicyclic amines) is 1. The van der Waals surface area contributed by atoms with Crippen molar-refractivity contribution in [2.75, 3.05) is 25.0 Å². The van der Waals surface area contributed by atoms with E-state index in [0.717, 1.165) is 22.4 Å². The molecular weight excluding hydrogens is 308 g/mol. The molecule has 1 fully saturated rings. The quantitative estimate of drug-likeness (QED) is 0.852. The van der Waals surface area contributed by atoms with E-state index in [1.54, 1.807) is 11.0 Å². The van der Waals surface area contributed by atoms with E-state index in [0.29, 0.717) is 24.7 Å². The predicted molar refractivity (Wildman–Crippen MR) is 87.5 cm³/mol. The summed E-state index contributed by atoms with van der Waals surface area (Å²) in [6.45, 7) is 3.39. The van der Waals surface area contributed by atoms with Gasteiger partial charge in [0, 0.05) is 26.3 Å². The second-order valence-corrected chi connectivity index (χ2v) is 6.21. The first-order valence-electron chi connectivity index (χ1n) is 7.91. The molecule has 0 bridgehead atoms. The largest absolute Gasteiger partial charge is 0.427 e. The molecule has 24 heavy (non-hydrogen) atoms. The van der Waals surface area contributed by atoms with Crippen molar-refractivity contribution in [3.8, 4) is 6.07 Å². The molecule has 1 amide bonds. The van der Waals surface area contributed by atoms with E-state index in [-0.39, 0.29) is 18.4 Å². The number of anilines is 1. The summed E-state index contributed by atoms with van der Waals surface area (Å²) in [7, 11) is 1.94. The van der Waals surface area contributed by atoms with E-state index in [1.165, 1.54) is 12.5 Å². The lowest BCUT2D eigenvalue weighted by atomic mass is 9.92. The number of hydrogen-bond acceptors (Lipinski definition) is 6. The Bertz CT molecular complexity index is 795. The van der Waals surface area contributed by atoms with Gasteiger partial charge in [-0.3, -0.25) is 4.79 Å². The van der Waals surface area contributed by atoms with Gasteiger partial charge in [-0.25, -0.2) is 9.97 Å². The van der Waals surface area contributed by atoms with Gasteiger partial charge in [0.2, 0.25) is 5.91 Å². The minimum absolute atomic E-state index is 0.0848. The maximum absolute atomic E-state index is 12.0. The number of nitriles is 1. The van der Waals surface area contributed by atoms with Crippen molar-refractivity contribution in [2.45, 2.75) is 25.8 Å². The highest BCUT2D eigenvalue weighted by molar-refractivity contribution is 5.87. The van der Waals surface area contributed by atoms with Gasteiger partial charge in [0.15, 0.2) is 5.65 Å². The van der Waals surface area contributed by atoms with E-state index in [9.17, 15) is 10.0 Å². The maximum atomic E-state index is 12.0. The molecule has 1 aliphatic heterocycles. The normalized spacial score (nSPS) is 20.8. The smallest absolute Gasteiger partial charge is 0.236 e. The number of fused-ring (bicyclic) bond motifs is 1. The van der Waals surface area contributed by atoms with Gasteiger partial charge in [-0.15, -0.1) is 0 Å². The van der Waals surface area contributed by atoms with Gasteiger partial charge in [0.25, 0.3) is 0 Å². The summed E-state index contributed by atoms with van der Waals surface area (Å²) in [5, 5.41) is 19.3. The third-order valence-electron chi connectivity index (χ3n) is 4.77. The highest BCUT2D eigenvalue weighted by Gasteiger charge is 2.32. The topological polar surface area (TPSA) is 98.3 Å². The lowest BCUT2D eigenvalue weighted by Crippen LogP contribution is -2.52. The SMILES string of the molecule is C[C@@H]1CCN(C(=O)CC#N)C[C@@H]1N(C)c1ncnc2c1ccn2O. The number of rotatable bonds is 3. The molecule has 2 aromatic rings. The van der Waals surface area contributed by atoms with Crippen LogP contribution in [0.15, 0.2) is 18.6 Å². The summed E-state index contributed by atoms with van der Waals surface area (Å²) in [4.78, 5) is 24.3. The number of piperidine rings is 1. The van der Waals surface area contributed by atoms with Crippen LogP contribution in [-0.2, 0) is 4.79 Å². The van der Waals surface area contributed by atoms with Crippen molar-refractivity contribution >= 4 is 22.8 Å². The van der Waals surface area contributed by atoms with Crippen LogP contribution in [0.2, 0.25) is 0 Å². The first kappa shape index (κ1) is 16.1. The zero-order valence-corrected chi connectivity index (χ0v) is 13.8. The molecule has 126 valence electrons. The van der Waals surface area contributed by atoms with Gasteiger partial charge in [0.05, 0.1) is 17.5 Å². The molecule has 0 aromatic carbocycles. The first-order chi connectivity index (χ1) is 11.5. The molecule has 1 N–H and O–H groups in total. The third-order valence-corrected chi connectivity index (χ3v) is 4.77. The zero-order chi connectivity index (χ0) is 17.3. The Kier molecular flexibility index (Phi) is 4.25. The summed E-state index contributed by atoms with van der Waals surface area (Å²) in [6, 6.07) is 3.78. The van der Waals surface area contributed by atoms with Crippen LogP contribution in [-0.4, -0.2) is 56.9 Å².